The largest absolute Gasteiger partial charge is 0.330 e. The number of nitrogens with zero attached hydrogens (tertiary/aromatic N) is 1. The predicted molar refractivity (Wildman–Crippen MR) is 115 cm³/mol. The first kappa shape index (κ1) is 19.1. The van der Waals surface area contributed by atoms with E-state index in [0.29, 0.717) is 43.2 Å². The number of Topliss-reactive ketones (excluding diaryl/α,β-unsaturated/α-hetero) is 1. The zero-order chi connectivity index (χ0) is 20.1. The number of carbonyl (C=O) groups is 2. The summed E-state index contributed by atoms with van der Waals surface area (Å²) in [4.78, 5) is 26.8. The Morgan fingerprint density at radius 1 is 0.793 bits per heavy atom. The first-order chi connectivity index (χ1) is 14.2. The van der Waals surface area contributed by atoms with Gasteiger partial charge in [0.2, 0.25) is 0 Å². The molecule has 0 N–H and O–H groups in total. The summed E-state index contributed by atoms with van der Waals surface area (Å²) in [5.74, 6) is 0.662. The molecule has 1 saturated carbocycles. The van der Waals surface area contributed by atoms with E-state index in [-0.39, 0.29) is 5.91 Å². The molecule has 3 nitrogen and oxygen atoms in total. The fraction of sp³-hybridized carbons (Fsp3) is 0.231. The molecule has 1 aliphatic carbocycles. The van der Waals surface area contributed by atoms with Gasteiger partial charge in [0.25, 0.3) is 5.91 Å². The van der Waals surface area contributed by atoms with Crippen molar-refractivity contribution in [3.8, 4) is 0 Å². The Morgan fingerprint density at radius 2 is 1.34 bits per heavy atom. The van der Waals surface area contributed by atoms with Crippen LogP contribution in [0.2, 0.25) is 0 Å². The van der Waals surface area contributed by atoms with Gasteiger partial charge in [-0.25, -0.2) is 0 Å². The van der Waals surface area contributed by atoms with Crippen LogP contribution in [0.3, 0.4) is 0 Å². The lowest BCUT2D eigenvalue weighted by atomic mass is 9.96. The summed E-state index contributed by atoms with van der Waals surface area (Å²) < 4.78 is 0. The van der Waals surface area contributed by atoms with Crippen LogP contribution in [0.15, 0.2) is 84.9 Å². The van der Waals surface area contributed by atoms with Crippen LogP contribution in [0, 0.1) is 0 Å². The van der Waals surface area contributed by atoms with E-state index in [1.165, 1.54) is 0 Å². The molecular weight excluding hydrogens is 358 g/mol. The number of amides is 1. The van der Waals surface area contributed by atoms with Crippen molar-refractivity contribution in [3.63, 3.8) is 0 Å². The van der Waals surface area contributed by atoms with Gasteiger partial charge in [-0.15, -0.1) is 0 Å². The second-order valence-corrected chi connectivity index (χ2v) is 7.73. The summed E-state index contributed by atoms with van der Waals surface area (Å²) in [6.07, 6.45) is 2.22. The predicted octanol–water partition coefficient (Wildman–Crippen LogP) is 5.37. The molecule has 0 aromatic heterocycles. The number of hydrogen-bond donors (Lipinski definition) is 0. The summed E-state index contributed by atoms with van der Waals surface area (Å²) >= 11 is 0. The molecule has 1 atom stereocenters. The molecule has 29 heavy (non-hydrogen) atoms. The van der Waals surface area contributed by atoms with Crippen LogP contribution in [0.4, 0.5) is 0 Å². The maximum atomic E-state index is 13.3. The van der Waals surface area contributed by atoms with Gasteiger partial charge in [-0.2, -0.15) is 0 Å². The van der Waals surface area contributed by atoms with Crippen LogP contribution in [0.5, 0.6) is 0 Å². The van der Waals surface area contributed by atoms with E-state index in [9.17, 15) is 9.59 Å². The molecule has 0 aliphatic heterocycles. The monoisotopic (exact) mass is 383 g/mol. The minimum atomic E-state index is 0.0201. The average Bonchev–Trinajstić information content (AvgIpc) is 3.21. The van der Waals surface area contributed by atoms with Gasteiger partial charge < -0.3 is 4.90 Å². The van der Waals surface area contributed by atoms with E-state index < -0.39 is 0 Å². The van der Waals surface area contributed by atoms with Crippen molar-refractivity contribution in [2.45, 2.75) is 38.3 Å². The van der Waals surface area contributed by atoms with Gasteiger partial charge in [0.15, 0.2) is 0 Å². The zero-order valence-electron chi connectivity index (χ0n) is 16.5. The molecule has 4 rings (SSSR count). The molecule has 3 heteroatoms. The van der Waals surface area contributed by atoms with Gasteiger partial charge >= 0.3 is 0 Å². The minimum absolute atomic E-state index is 0.0201. The van der Waals surface area contributed by atoms with Gasteiger partial charge in [-0.1, -0.05) is 72.8 Å². The number of carbonyl (C=O) groups excluding carboxylic acids is 2. The number of benzene rings is 3. The second-order valence-electron chi connectivity index (χ2n) is 7.73. The Hall–Kier alpha value is -3.20. The van der Waals surface area contributed by atoms with Gasteiger partial charge in [0.1, 0.15) is 5.78 Å². The third-order valence-corrected chi connectivity index (χ3v) is 5.59. The molecule has 3 aromatic rings. The number of ketones is 1. The Labute approximate surface area is 172 Å². The highest BCUT2D eigenvalue weighted by Crippen LogP contribution is 2.32. The van der Waals surface area contributed by atoms with Crippen molar-refractivity contribution in [1.29, 1.82) is 0 Å². The van der Waals surface area contributed by atoms with Gasteiger partial charge in [-0.3, -0.25) is 9.59 Å². The quantitative estimate of drug-likeness (QED) is 0.574. The number of rotatable bonds is 6. The third kappa shape index (κ3) is 4.80. The Morgan fingerprint density at radius 3 is 1.83 bits per heavy atom. The molecule has 0 spiro atoms. The van der Waals surface area contributed by atoms with E-state index in [0.717, 1.165) is 23.1 Å². The van der Waals surface area contributed by atoms with Crippen LogP contribution in [0.25, 0.3) is 0 Å². The van der Waals surface area contributed by atoms with Crippen LogP contribution in [0.1, 0.15) is 52.2 Å². The van der Waals surface area contributed by atoms with E-state index in [2.05, 4.69) is 0 Å². The first-order valence-corrected chi connectivity index (χ1v) is 10.2. The molecule has 1 unspecified atom stereocenters. The Balaban J connectivity index is 1.54. The normalized spacial score (nSPS) is 16.0. The molecule has 146 valence electrons. The molecule has 0 bridgehead atoms. The summed E-state index contributed by atoms with van der Waals surface area (Å²) in [6.45, 7) is 1.13. The summed E-state index contributed by atoms with van der Waals surface area (Å²) in [5.41, 5.74) is 4.06. The summed E-state index contributed by atoms with van der Waals surface area (Å²) in [5, 5.41) is 0. The summed E-state index contributed by atoms with van der Waals surface area (Å²) in [6, 6.07) is 28.0. The molecule has 1 aliphatic rings. The zero-order valence-corrected chi connectivity index (χ0v) is 16.5. The molecular formula is C26H25NO2. The maximum Gasteiger partial charge on any atom is 0.254 e. The lowest BCUT2D eigenvalue weighted by molar-refractivity contribution is -0.117. The fourth-order valence-corrected chi connectivity index (χ4v) is 3.99. The summed E-state index contributed by atoms with van der Waals surface area (Å²) in [7, 11) is 0. The lowest BCUT2D eigenvalue weighted by Gasteiger charge is -2.23. The van der Waals surface area contributed by atoms with Gasteiger partial charge in [0, 0.05) is 31.5 Å². The van der Waals surface area contributed by atoms with Crippen LogP contribution < -0.4 is 0 Å². The molecule has 1 amide bonds. The Bertz CT molecular complexity index is 923. The highest BCUT2D eigenvalue weighted by atomic mass is 16.2. The first-order valence-electron chi connectivity index (χ1n) is 10.2. The number of hydrogen-bond acceptors (Lipinski definition) is 2. The van der Waals surface area contributed by atoms with Gasteiger partial charge in [0.05, 0.1) is 0 Å². The standard InChI is InChI=1S/C26H25NO2/c28-25-16-15-24(17-25)22-11-13-23(14-12-22)26(29)27(18-20-7-3-1-4-8-20)19-21-9-5-2-6-10-21/h1-14,24H,15-19H2. The van der Waals surface area contributed by atoms with Crippen LogP contribution in [-0.2, 0) is 17.9 Å². The molecule has 1 fully saturated rings. The minimum Gasteiger partial charge on any atom is -0.330 e. The van der Waals surface area contributed by atoms with Crippen LogP contribution >= 0.6 is 0 Å². The third-order valence-electron chi connectivity index (χ3n) is 5.59. The second kappa shape index (κ2) is 8.87. The average molecular weight is 383 g/mol. The highest BCUT2D eigenvalue weighted by molar-refractivity contribution is 5.94. The topological polar surface area (TPSA) is 37.4 Å². The van der Waals surface area contributed by atoms with Crippen molar-refractivity contribution in [3.05, 3.63) is 107 Å². The molecule has 0 heterocycles. The van der Waals surface area contributed by atoms with Crippen molar-refractivity contribution >= 4 is 11.7 Å². The van der Waals surface area contributed by atoms with Gasteiger partial charge in [-0.05, 0) is 41.2 Å². The van der Waals surface area contributed by atoms with Crippen molar-refractivity contribution < 1.29 is 9.59 Å². The molecule has 0 radical (unpaired) electrons. The van der Waals surface area contributed by atoms with Crippen molar-refractivity contribution in [2.24, 2.45) is 0 Å². The van der Waals surface area contributed by atoms with Crippen LogP contribution in [-0.4, -0.2) is 16.6 Å². The molecule has 0 saturated heterocycles. The SMILES string of the molecule is O=C1CCC(c2ccc(C(=O)N(Cc3ccccc3)Cc3ccccc3)cc2)C1. The Kier molecular flexibility index (Phi) is 5.85. The highest BCUT2D eigenvalue weighted by Gasteiger charge is 2.24. The smallest absolute Gasteiger partial charge is 0.254 e. The maximum absolute atomic E-state index is 13.3. The molecule has 3 aromatic carbocycles. The van der Waals surface area contributed by atoms with E-state index in [1.54, 1.807) is 0 Å². The van der Waals surface area contributed by atoms with E-state index >= 15 is 0 Å². The fourth-order valence-electron chi connectivity index (χ4n) is 3.99. The van der Waals surface area contributed by atoms with Crippen molar-refractivity contribution in [2.75, 3.05) is 0 Å². The van der Waals surface area contributed by atoms with E-state index in [4.69, 9.17) is 0 Å². The van der Waals surface area contributed by atoms with Crippen molar-refractivity contribution in [1.82, 2.24) is 4.90 Å². The van der Waals surface area contributed by atoms with E-state index in [1.807, 2.05) is 89.8 Å². The lowest BCUT2D eigenvalue weighted by Crippen LogP contribution is -2.30.